The Morgan fingerprint density at radius 1 is 0.941 bits per heavy atom. The minimum Gasteiger partial charge on any atom is -0.375 e. The molecule has 1 amide bonds. The van der Waals surface area contributed by atoms with Gasteiger partial charge in [-0.3, -0.25) is 9.59 Å². The fourth-order valence-corrected chi connectivity index (χ4v) is 5.05. The van der Waals surface area contributed by atoms with Gasteiger partial charge in [0.1, 0.15) is 0 Å². The normalized spacial score (nSPS) is 17.3. The average Bonchev–Trinajstić information content (AvgIpc) is 3.02. The highest BCUT2D eigenvalue weighted by atomic mass is 79.9. The summed E-state index contributed by atoms with van der Waals surface area (Å²) in [5, 5.41) is 13.7. The fraction of sp³-hybridized carbons (Fsp3) is 0.172. The van der Waals surface area contributed by atoms with E-state index in [1.807, 2.05) is 74.5 Å². The number of hydrogen-bond donors (Lipinski definition) is 1. The van der Waals surface area contributed by atoms with E-state index < -0.39 is 11.5 Å². The smallest absolute Gasteiger partial charge is 0.264 e. The Hall–Kier alpha value is -3.28. The number of nitrogens with zero attached hydrogens (tertiary/aromatic N) is 1. The lowest BCUT2D eigenvalue weighted by atomic mass is 9.87. The first-order chi connectivity index (χ1) is 16.3. The summed E-state index contributed by atoms with van der Waals surface area (Å²) in [6.45, 7) is 4.35. The van der Waals surface area contributed by atoms with Gasteiger partial charge in [-0.05, 0) is 60.0 Å². The predicted molar refractivity (Wildman–Crippen MR) is 138 cm³/mol. The third-order valence-corrected chi connectivity index (χ3v) is 7.11. The number of hydrogen-bond acceptors (Lipinski definition) is 3. The molecule has 1 N–H and O–H groups in total. The van der Waals surface area contributed by atoms with E-state index in [0.29, 0.717) is 23.4 Å². The lowest BCUT2D eigenvalue weighted by Crippen LogP contribution is -2.41. The van der Waals surface area contributed by atoms with E-state index in [1.54, 1.807) is 17.0 Å². The molecule has 0 saturated heterocycles. The van der Waals surface area contributed by atoms with Crippen molar-refractivity contribution in [3.63, 3.8) is 0 Å². The maximum absolute atomic E-state index is 13.7. The Kier molecular flexibility index (Phi) is 5.62. The molecule has 0 bridgehead atoms. The second-order valence-electron chi connectivity index (χ2n) is 9.00. The first kappa shape index (κ1) is 22.5. The number of carbonyl (C=O) groups is 2. The molecule has 1 heterocycles. The SMILES string of the molecule is Cc1ccc(C)c(CN2C(=O)[C@](O)(CC(=O)c3ccc4ccccc4c3)c3cc(Br)ccc32)c1. The Morgan fingerprint density at radius 2 is 1.71 bits per heavy atom. The summed E-state index contributed by atoms with van der Waals surface area (Å²) in [6, 6.07) is 24.8. The molecule has 4 aromatic rings. The van der Waals surface area contributed by atoms with Crippen LogP contribution in [0.4, 0.5) is 5.69 Å². The van der Waals surface area contributed by atoms with Gasteiger partial charge in [-0.15, -0.1) is 0 Å². The van der Waals surface area contributed by atoms with Crippen LogP contribution in [0.2, 0.25) is 0 Å². The molecular formula is C29H24BrNO3. The van der Waals surface area contributed by atoms with Crippen molar-refractivity contribution in [1.82, 2.24) is 0 Å². The molecule has 170 valence electrons. The number of amides is 1. The van der Waals surface area contributed by atoms with Crippen LogP contribution in [0.3, 0.4) is 0 Å². The van der Waals surface area contributed by atoms with Crippen LogP contribution in [0, 0.1) is 13.8 Å². The summed E-state index contributed by atoms with van der Waals surface area (Å²) in [5.74, 6) is -0.753. The van der Waals surface area contributed by atoms with Crippen LogP contribution >= 0.6 is 15.9 Å². The van der Waals surface area contributed by atoms with Gasteiger partial charge >= 0.3 is 0 Å². The average molecular weight is 514 g/mol. The van der Waals surface area contributed by atoms with Gasteiger partial charge in [0.15, 0.2) is 11.4 Å². The number of aryl methyl sites for hydroxylation is 2. The molecule has 0 fully saturated rings. The van der Waals surface area contributed by atoms with Gasteiger partial charge in [0.25, 0.3) is 5.91 Å². The summed E-state index contributed by atoms with van der Waals surface area (Å²) in [4.78, 5) is 28.6. The molecule has 0 spiro atoms. The maximum Gasteiger partial charge on any atom is 0.264 e. The highest BCUT2D eigenvalue weighted by Gasteiger charge is 2.51. The highest BCUT2D eigenvalue weighted by molar-refractivity contribution is 9.10. The molecule has 0 aliphatic carbocycles. The quantitative estimate of drug-likeness (QED) is 0.322. The first-order valence-electron chi connectivity index (χ1n) is 11.2. The minimum atomic E-state index is -1.93. The van der Waals surface area contributed by atoms with E-state index >= 15 is 0 Å². The fourth-order valence-electron chi connectivity index (χ4n) is 4.69. The minimum absolute atomic E-state index is 0.277. The Balaban J connectivity index is 1.52. The van der Waals surface area contributed by atoms with Crippen molar-refractivity contribution in [3.05, 3.63) is 111 Å². The van der Waals surface area contributed by atoms with Crippen molar-refractivity contribution < 1.29 is 14.7 Å². The maximum atomic E-state index is 13.7. The van der Waals surface area contributed by atoms with E-state index in [2.05, 4.69) is 22.0 Å². The van der Waals surface area contributed by atoms with E-state index in [4.69, 9.17) is 0 Å². The van der Waals surface area contributed by atoms with Gasteiger partial charge in [0, 0.05) is 15.6 Å². The molecule has 1 atom stereocenters. The molecule has 0 saturated carbocycles. The summed E-state index contributed by atoms with van der Waals surface area (Å²) in [7, 11) is 0. The van der Waals surface area contributed by atoms with Gasteiger partial charge in [-0.25, -0.2) is 0 Å². The van der Waals surface area contributed by atoms with Crippen LogP contribution in [0.5, 0.6) is 0 Å². The third kappa shape index (κ3) is 3.85. The molecule has 4 nitrogen and oxygen atoms in total. The van der Waals surface area contributed by atoms with Crippen molar-refractivity contribution in [2.45, 2.75) is 32.4 Å². The monoisotopic (exact) mass is 513 g/mol. The Labute approximate surface area is 207 Å². The van der Waals surface area contributed by atoms with Crippen molar-refractivity contribution in [2.24, 2.45) is 0 Å². The summed E-state index contributed by atoms with van der Waals surface area (Å²) in [6.07, 6.45) is -0.322. The number of ketones is 1. The molecule has 5 heteroatoms. The molecule has 0 aromatic heterocycles. The Morgan fingerprint density at radius 3 is 2.50 bits per heavy atom. The van der Waals surface area contributed by atoms with E-state index in [-0.39, 0.29) is 12.2 Å². The summed E-state index contributed by atoms with van der Waals surface area (Å²) in [5.41, 5.74) is 2.80. The molecule has 0 unspecified atom stereocenters. The van der Waals surface area contributed by atoms with Crippen molar-refractivity contribution in [1.29, 1.82) is 0 Å². The molecule has 5 rings (SSSR count). The van der Waals surface area contributed by atoms with Gasteiger partial charge in [0.05, 0.1) is 18.7 Å². The molecule has 1 aliphatic rings. The zero-order valence-corrected chi connectivity index (χ0v) is 20.6. The van der Waals surface area contributed by atoms with Crippen molar-refractivity contribution >= 4 is 44.1 Å². The number of anilines is 1. The number of carbonyl (C=O) groups excluding carboxylic acids is 2. The molecular weight excluding hydrogens is 490 g/mol. The lowest BCUT2D eigenvalue weighted by Gasteiger charge is -2.23. The second-order valence-corrected chi connectivity index (χ2v) is 9.92. The van der Waals surface area contributed by atoms with Crippen LogP contribution in [0.1, 0.15) is 39.0 Å². The number of aliphatic hydroxyl groups is 1. The first-order valence-corrected chi connectivity index (χ1v) is 12.0. The molecule has 34 heavy (non-hydrogen) atoms. The number of rotatable bonds is 5. The standard InChI is InChI=1S/C29H24BrNO3/c1-18-7-8-19(2)23(13-18)17-31-26-12-11-24(30)15-25(26)29(34,28(31)33)16-27(32)22-10-9-20-5-3-4-6-21(20)14-22/h3-15,34H,16-17H2,1-2H3/t29-/m0/s1. The van der Waals surface area contributed by atoms with Crippen LogP contribution < -0.4 is 4.90 Å². The topological polar surface area (TPSA) is 57.6 Å². The summed E-state index contributed by atoms with van der Waals surface area (Å²) >= 11 is 3.46. The third-order valence-electron chi connectivity index (χ3n) is 6.61. The van der Waals surface area contributed by atoms with Gasteiger partial charge in [-0.2, -0.15) is 0 Å². The van der Waals surface area contributed by atoms with Crippen LogP contribution in [-0.4, -0.2) is 16.8 Å². The van der Waals surface area contributed by atoms with Gasteiger partial charge in [0.2, 0.25) is 0 Å². The number of fused-ring (bicyclic) bond motifs is 2. The lowest BCUT2D eigenvalue weighted by molar-refractivity contribution is -0.136. The van der Waals surface area contributed by atoms with E-state index in [1.165, 1.54) is 0 Å². The number of Topliss-reactive ketones (excluding diaryl/α,β-unsaturated/α-hetero) is 1. The van der Waals surface area contributed by atoms with Crippen molar-refractivity contribution in [2.75, 3.05) is 4.90 Å². The highest BCUT2D eigenvalue weighted by Crippen LogP contribution is 2.45. The van der Waals surface area contributed by atoms with E-state index in [9.17, 15) is 14.7 Å². The van der Waals surface area contributed by atoms with Crippen molar-refractivity contribution in [3.8, 4) is 0 Å². The van der Waals surface area contributed by atoms with E-state index in [0.717, 1.165) is 31.9 Å². The van der Waals surface area contributed by atoms with Crippen LogP contribution in [-0.2, 0) is 16.9 Å². The second kappa shape index (κ2) is 8.49. The Bertz CT molecular complexity index is 1460. The molecule has 4 aromatic carbocycles. The van der Waals surface area contributed by atoms with Gasteiger partial charge < -0.3 is 10.0 Å². The summed E-state index contributed by atoms with van der Waals surface area (Å²) < 4.78 is 0.740. The van der Waals surface area contributed by atoms with Crippen LogP contribution in [0.25, 0.3) is 10.8 Å². The molecule has 1 aliphatic heterocycles. The number of benzene rings is 4. The zero-order valence-electron chi connectivity index (χ0n) is 19.0. The molecule has 0 radical (unpaired) electrons. The van der Waals surface area contributed by atoms with Crippen LogP contribution in [0.15, 0.2) is 83.3 Å². The van der Waals surface area contributed by atoms with Gasteiger partial charge in [-0.1, -0.05) is 76.1 Å². The number of halogens is 1. The zero-order chi connectivity index (χ0) is 24.0. The predicted octanol–water partition coefficient (Wildman–Crippen LogP) is 6.23. The largest absolute Gasteiger partial charge is 0.375 e.